The van der Waals surface area contributed by atoms with Gasteiger partial charge in [0.1, 0.15) is 6.10 Å². The minimum absolute atomic E-state index is 0.0158. The molecule has 1 aliphatic heterocycles. The molecule has 0 radical (unpaired) electrons. The van der Waals surface area contributed by atoms with Crippen molar-refractivity contribution in [3.8, 4) is 0 Å². The molecule has 1 heterocycles. The summed E-state index contributed by atoms with van der Waals surface area (Å²) in [6.07, 6.45) is 7.35. The van der Waals surface area contributed by atoms with E-state index in [-0.39, 0.29) is 18.1 Å². The number of carbonyl (C=O) groups excluding carboxylic acids is 1. The summed E-state index contributed by atoms with van der Waals surface area (Å²) in [7, 11) is 0. The molecule has 0 bridgehead atoms. The quantitative estimate of drug-likeness (QED) is 0.898. The second kappa shape index (κ2) is 7.93. The Labute approximate surface area is 138 Å². The van der Waals surface area contributed by atoms with Gasteiger partial charge in [-0.05, 0) is 42.9 Å². The van der Waals surface area contributed by atoms with Gasteiger partial charge in [0.15, 0.2) is 0 Å². The smallest absolute Gasteiger partial charge is 0.253 e. The average Bonchev–Trinajstić information content (AvgIpc) is 2.61. The van der Waals surface area contributed by atoms with E-state index in [9.17, 15) is 4.79 Å². The molecule has 1 unspecified atom stereocenters. The molecule has 4 heteroatoms. The van der Waals surface area contributed by atoms with Crippen LogP contribution in [0.15, 0.2) is 18.2 Å². The molecular formula is C19H27NO3. The molecule has 4 nitrogen and oxygen atoms in total. The SMILES string of the molecule is CCC(OC1CCCCC1)C(=O)Nc1cccc2c1CCOC2. The second-order valence-corrected chi connectivity index (χ2v) is 6.53. The molecule has 1 aliphatic carbocycles. The Bertz CT molecular complexity index is 537. The number of amides is 1. The van der Waals surface area contributed by atoms with Crippen LogP contribution in [-0.2, 0) is 27.3 Å². The summed E-state index contributed by atoms with van der Waals surface area (Å²) in [5.41, 5.74) is 3.30. The highest BCUT2D eigenvalue weighted by Crippen LogP contribution is 2.26. The number of fused-ring (bicyclic) bond motifs is 1. The van der Waals surface area contributed by atoms with Crippen molar-refractivity contribution in [1.82, 2.24) is 0 Å². The lowest BCUT2D eigenvalue weighted by Gasteiger charge is -2.27. The van der Waals surface area contributed by atoms with Crippen molar-refractivity contribution in [2.24, 2.45) is 0 Å². The first-order valence-corrected chi connectivity index (χ1v) is 8.92. The predicted molar refractivity (Wildman–Crippen MR) is 90.5 cm³/mol. The van der Waals surface area contributed by atoms with Gasteiger partial charge in [0, 0.05) is 5.69 Å². The van der Waals surface area contributed by atoms with Gasteiger partial charge in [0.25, 0.3) is 5.91 Å². The van der Waals surface area contributed by atoms with E-state index in [1.165, 1.54) is 30.4 Å². The summed E-state index contributed by atoms with van der Waals surface area (Å²) in [4.78, 5) is 12.6. The number of carbonyl (C=O) groups is 1. The molecule has 0 aromatic heterocycles. The van der Waals surface area contributed by atoms with Crippen molar-refractivity contribution < 1.29 is 14.3 Å². The van der Waals surface area contributed by atoms with Crippen molar-refractivity contribution in [3.05, 3.63) is 29.3 Å². The van der Waals surface area contributed by atoms with Crippen molar-refractivity contribution >= 4 is 11.6 Å². The van der Waals surface area contributed by atoms with E-state index in [0.29, 0.717) is 13.0 Å². The summed E-state index contributed by atoms with van der Waals surface area (Å²) in [6.45, 7) is 3.37. The molecule has 2 aliphatic rings. The summed E-state index contributed by atoms with van der Waals surface area (Å²) in [5.74, 6) is -0.0158. The normalized spacial score (nSPS) is 19.9. The zero-order chi connectivity index (χ0) is 16.1. The Morgan fingerprint density at radius 3 is 2.96 bits per heavy atom. The molecule has 0 spiro atoms. The zero-order valence-electron chi connectivity index (χ0n) is 14.0. The highest BCUT2D eigenvalue weighted by Gasteiger charge is 2.24. The first kappa shape index (κ1) is 16.5. The molecule has 1 atom stereocenters. The van der Waals surface area contributed by atoms with Gasteiger partial charge in [-0.1, -0.05) is 38.3 Å². The summed E-state index contributed by atoms with van der Waals surface area (Å²) < 4.78 is 11.6. The first-order chi connectivity index (χ1) is 11.3. The lowest BCUT2D eigenvalue weighted by Crippen LogP contribution is -2.34. The Morgan fingerprint density at radius 1 is 1.35 bits per heavy atom. The van der Waals surface area contributed by atoms with Gasteiger partial charge in [-0.15, -0.1) is 0 Å². The average molecular weight is 317 g/mol. The second-order valence-electron chi connectivity index (χ2n) is 6.53. The van der Waals surface area contributed by atoms with Crippen molar-refractivity contribution in [2.75, 3.05) is 11.9 Å². The molecule has 1 N–H and O–H groups in total. The van der Waals surface area contributed by atoms with Crippen LogP contribution in [0.4, 0.5) is 5.69 Å². The largest absolute Gasteiger partial charge is 0.376 e. The Hall–Kier alpha value is -1.39. The van der Waals surface area contributed by atoms with E-state index < -0.39 is 0 Å². The van der Waals surface area contributed by atoms with Gasteiger partial charge in [-0.2, -0.15) is 0 Å². The lowest BCUT2D eigenvalue weighted by molar-refractivity contribution is -0.132. The molecule has 126 valence electrons. The number of ether oxygens (including phenoxy) is 2. The molecule has 1 aromatic rings. The van der Waals surface area contributed by atoms with Crippen LogP contribution >= 0.6 is 0 Å². The highest BCUT2D eigenvalue weighted by atomic mass is 16.5. The fourth-order valence-electron chi connectivity index (χ4n) is 3.53. The third kappa shape index (κ3) is 4.12. The number of rotatable bonds is 5. The van der Waals surface area contributed by atoms with E-state index in [2.05, 4.69) is 11.4 Å². The maximum Gasteiger partial charge on any atom is 0.253 e. The summed E-state index contributed by atoms with van der Waals surface area (Å²) in [5, 5.41) is 3.09. The lowest BCUT2D eigenvalue weighted by atomic mass is 9.97. The molecule has 0 saturated heterocycles. The van der Waals surface area contributed by atoms with Crippen LogP contribution in [0.25, 0.3) is 0 Å². The van der Waals surface area contributed by atoms with Crippen LogP contribution in [0.5, 0.6) is 0 Å². The first-order valence-electron chi connectivity index (χ1n) is 8.92. The maximum atomic E-state index is 12.6. The molecule has 1 aromatic carbocycles. The van der Waals surface area contributed by atoms with E-state index in [1.807, 2.05) is 19.1 Å². The van der Waals surface area contributed by atoms with Crippen LogP contribution in [0.3, 0.4) is 0 Å². The highest BCUT2D eigenvalue weighted by molar-refractivity contribution is 5.95. The van der Waals surface area contributed by atoms with Crippen molar-refractivity contribution in [2.45, 2.75) is 70.7 Å². The number of benzene rings is 1. The van der Waals surface area contributed by atoms with Crippen LogP contribution in [0, 0.1) is 0 Å². The minimum Gasteiger partial charge on any atom is -0.376 e. The molecule has 1 saturated carbocycles. The van der Waals surface area contributed by atoms with Crippen LogP contribution in [0.2, 0.25) is 0 Å². The monoisotopic (exact) mass is 317 g/mol. The van der Waals surface area contributed by atoms with Gasteiger partial charge in [0.05, 0.1) is 19.3 Å². The van der Waals surface area contributed by atoms with E-state index in [4.69, 9.17) is 9.47 Å². The fraction of sp³-hybridized carbons (Fsp3) is 0.632. The van der Waals surface area contributed by atoms with Gasteiger partial charge in [0.2, 0.25) is 0 Å². The number of anilines is 1. The van der Waals surface area contributed by atoms with Crippen LogP contribution in [0.1, 0.15) is 56.6 Å². The number of hydrogen-bond donors (Lipinski definition) is 1. The molecule has 1 amide bonds. The fourth-order valence-corrected chi connectivity index (χ4v) is 3.53. The third-order valence-corrected chi connectivity index (χ3v) is 4.86. The standard InChI is InChI=1S/C19H27NO3/c1-2-18(23-15-8-4-3-5-9-15)19(21)20-17-10-6-7-14-13-22-12-11-16(14)17/h6-7,10,15,18H,2-5,8-9,11-13H2,1H3,(H,20,21). The summed E-state index contributed by atoms with van der Waals surface area (Å²) >= 11 is 0. The predicted octanol–water partition coefficient (Wildman–Crippen LogP) is 3.83. The number of hydrogen-bond acceptors (Lipinski definition) is 3. The summed E-state index contributed by atoms with van der Waals surface area (Å²) in [6, 6.07) is 6.03. The van der Waals surface area contributed by atoms with Gasteiger partial charge in [-0.3, -0.25) is 4.79 Å². The topological polar surface area (TPSA) is 47.6 Å². The van der Waals surface area contributed by atoms with Crippen LogP contribution < -0.4 is 5.32 Å². The Morgan fingerprint density at radius 2 is 2.17 bits per heavy atom. The Kier molecular flexibility index (Phi) is 5.68. The van der Waals surface area contributed by atoms with Crippen molar-refractivity contribution in [1.29, 1.82) is 0 Å². The molecule has 3 rings (SSSR count). The maximum absolute atomic E-state index is 12.6. The van der Waals surface area contributed by atoms with Crippen LogP contribution in [-0.4, -0.2) is 24.7 Å². The molecular weight excluding hydrogens is 290 g/mol. The van der Waals surface area contributed by atoms with E-state index in [1.54, 1.807) is 0 Å². The van der Waals surface area contributed by atoms with E-state index in [0.717, 1.165) is 31.6 Å². The molecule has 23 heavy (non-hydrogen) atoms. The van der Waals surface area contributed by atoms with Gasteiger partial charge >= 0.3 is 0 Å². The van der Waals surface area contributed by atoms with Gasteiger partial charge < -0.3 is 14.8 Å². The Balaban J connectivity index is 1.65. The van der Waals surface area contributed by atoms with Crippen molar-refractivity contribution in [3.63, 3.8) is 0 Å². The molecule has 1 fully saturated rings. The van der Waals surface area contributed by atoms with E-state index >= 15 is 0 Å². The third-order valence-electron chi connectivity index (χ3n) is 4.86. The van der Waals surface area contributed by atoms with Gasteiger partial charge in [-0.25, -0.2) is 0 Å². The minimum atomic E-state index is -0.353. The zero-order valence-corrected chi connectivity index (χ0v) is 14.0. The number of nitrogens with one attached hydrogen (secondary N) is 1.